The summed E-state index contributed by atoms with van der Waals surface area (Å²) in [7, 11) is 0. The van der Waals surface area contributed by atoms with Gasteiger partial charge >= 0.3 is 0 Å². The molecule has 1 aliphatic heterocycles. The van der Waals surface area contributed by atoms with Crippen LogP contribution in [0.15, 0.2) is 60.8 Å². The molecule has 0 N–H and O–H groups in total. The summed E-state index contributed by atoms with van der Waals surface area (Å²) in [5, 5.41) is 2.44. The normalized spacial score (nSPS) is 16.9. The van der Waals surface area contributed by atoms with Crippen LogP contribution in [0, 0.1) is 0 Å². The van der Waals surface area contributed by atoms with Crippen molar-refractivity contribution >= 4 is 10.8 Å². The molecule has 1 fully saturated rings. The summed E-state index contributed by atoms with van der Waals surface area (Å²) >= 11 is 0. The molecule has 1 aliphatic rings. The molecule has 0 bridgehead atoms. The van der Waals surface area contributed by atoms with E-state index in [0.717, 1.165) is 43.7 Å². The zero-order valence-corrected chi connectivity index (χ0v) is 16.2. The van der Waals surface area contributed by atoms with Gasteiger partial charge in [-0.15, -0.1) is 0 Å². The van der Waals surface area contributed by atoms with Crippen LogP contribution in [-0.4, -0.2) is 31.1 Å². The summed E-state index contributed by atoms with van der Waals surface area (Å²) in [5.74, 6) is 0.892. The molecule has 1 atom stereocenters. The van der Waals surface area contributed by atoms with Crippen molar-refractivity contribution in [1.29, 1.82) is 0 Å². The first-order valence-electron chi connectivity index (χ1n) is 10.2. The van der Waals surface area contributed by atoms with Gasteiger partial charge in [0.05, 0.1) is 18.9 Å². The highest BCUT2D eigenvalue weighted by Crippen LogP contribution is 2.21. The fourth-order valence-corrected chi connectivity index (χ4v) is 3.53. The third-order valence-corrected chi connectivity index (χ3v) is 5.05. The van der Waals surface area contributed by atoms with Crippen molar-refractivity contribution in [2.75, 3.05) is 19.8 Å². The monoisotopic (exact) mass is 377 g/mol. The molecule has 0 spiro atoms. The summed E-state index contributed by atoms with van der Waals surface area (Å²) in [6.07, 6.45) is 6.90. The smallest absolute Gasteiger partial charge is 0.157 e. The summed E-state index contributed by atoms with van der Waals surface area (Å²) in [6.45, 7) is 2.15. The lowest BCUT2D eigenvalue weighted by molar-refractivity contribution is -0.163. The van der Waals surface area contributed by atoms with Gasteiger partial charge in [0.1, 0.15) is 5.75 Å². The molecular weight excluding hydrogens is 350 g/mol. The summed E-state index contributed by atoms with van der Waals surface area (Å²) in [6, 6.07) is 18.7. The Morgan fingerprint density at radius 2 is 1.86 bits per heavy atom. The Balaban J connectivity index is 1.24. The lowest BCUT2D eigenvalue weighted by Crippen LogP contribution is -2.23. The van der Waals surface area contributed by atoms with Gasteiger partial charge in [0.25, 0.3) is 0 Å². The van der Waals surface area contributed by atoms with E-state index in [1.165, 1.54) is 22.8 Å². The Morgan fingerprint density at radius 3 is 2.71 bits per heavy atom. The maximum atomic E-state index is 5.83. The van der Waals surface area contributed by atoms with Crippen molar-refractivity contribution in [3.8, 4) is 5.75 Å². The van der Waals surface area contributed by atoms with Gasteiger partial charge in [-0.3, -0.25) is 4.98 Å². The molecule has 3 aromatic rings. The second-order valence-corrected chi connectivity index (χ2v) is 7.17. The first-order chi connectivity index (χ1) is 13.9. The van der Waals surface area contributed by atoms with Gasteiger partial charge < -0.3 is 14.2 Å². The van der Waals surface area contributed by atoms with Crippen LogP contribution in [-0.2, 0) is 15.9 Å². The summed E-state index contributed by atoms with van der Waals surface area (Å²) in [4.78, 5) is 4.58. The number of hydrogen-bond acceptors (Lipinski definition) is 4. The fraction of sp³-hybridized carbons (Fsp3) is 0.375. The number of ether oxygens (including phenoxy) is 3. The molecule has 4 rings (SSSR count). The second-order valence-electron chi connectivity index (χ2n) is 7.17. The molecule has 1 aromatic heterocycles. The van der Waals surface area contributed by atoms with E-state index in [9.17, 15) is 0 Å². The molecular formula is C24H27NO3. The van der Waals surface area contributed by atoms with Crippen molar-refractivity contribution < 1.29 is 14.2 Å². The minimum Gasteiger partial charge on any atom is -0.494 e. The molecule has 0 aliphatic carbocycles. The molecule has 28 heavy (non-hydrogen) atoms. The Bertz CT molecular complexity index is 867. The number of benzene rings is 2. The molecule has 4 nitrogen and oxygen atoms in total. The molecule has 0 radical (unpaired) electrons. The zero-order valence-electron chi connectivity index (χ0n) is 16.2. The third kappa shape index (κ3) is 5.09. The molecule has 0 amide bonds. The Morgan fingerprint density at radius 1 is 0.964 bits per heavy atom. The lowest BCUT2D eigenvalue weighted by atomic mass is 10.0. The van der Waals surface area contributed by atoms with Crippen molar-refractivity contribution in [1.82, 2.24) is 4.98 Å². The highest BCUT2D eigenvalue weighted by molar-refractivity contribution is 5.84. The van der Waals surface area contributed by atoms with Crippen molar-refractivity contribution in [2.24, 2.45) is 0 Å². The van der Waals surface area contributed by atoms with E-state index < -0.39 is 0 Å². The quantitative estimate of drug-likeness (QED) is 0.510. The van der Waals surface area contributed by atoms with Crippen molar-refractivity contribution in [2.45, 2.75) is 38.4 Å². The standard InChI is InChI=1S/C24H27NO3/c1-2-7-22-20(6-1)13-14-25-23(22)18-19-9-11-21(12-10-19)26-16-5-17-28-24-8-3-4-15-27-24/h1-2,6-7,9-14,24H,3-5,8,15-18H2. The molecule has 1 saturated heterocycles. The predicted molar refractivity (Wildman–Crippen MR) is 111 cm³/mol. The van der Waals surface area contributed by atoms with Crippen LogP contribution >= 0.6 is 0 Å². The van der Waals surface area contributed by atoms with E-state index in [-0.39, 0.29) is 6.29 Å². The van der Waals surface area contributed by atoms with Crippen molar-refractivity contribution in [3.05, 3.63) is 72.1 Å². The average Bonchev–Trinajstić information content (AvgIpc) is 2.76. The Labute approximate surface area is 166 Å². The van der Waals surface area contributed by atoms with Gasteiger partial charge in [0, 0.05) is 31.0 Å². The van der Waals surface area contributed by atoms with Crippen LogP contribution in [0.2, 0.25) is 0 Å². The third-order valence-electron chi connectivity index (χ3n) is 5.05. The maximum absolute atomic E-state index is 5.83. The minimum absolute atomic E-state index is 0.0179. The Hall–Kier alpha value is -2.43. The second kappa shape index (κ2) is 9.67. The number of nitrogens with zero attached hydrogens (tertiary/aromatic N) is 1. The SMILES string of the molecule is c1ccc2c(Cc3ccc(OCCCOC4CCCCO4)cc3)nccc2c1. The van der Waals surface area contributed by atoms with E-state index in [1.807, 2.05) is 18.3 Å². The molecule has 146 valence electrons. The van der Waals surface area contributed by atoms with Crippen LogP contribution in [0.25, 0.3) is 10.8 Å². The largest absolute Gasteiger partial charge is 0.494 e. The van der Waals surface area contributed by atoms with Crippen LogP contribution in [0.3, 0.4) is 0 Å². The number of aromatic nitrogens is 1. The first-order valence-corrected chi connectivity index (χ1v) is 10.2. The van der Waals surface area contributed by atoms with Gasteiger partial charge in [-0.05, 0) is 48.4 Å². The van der Waals surface area contributed by atoms with Crippen LogP contribution in [0.5, 0.6) is 5.75 Å². The number of fused-ring (bicyclic) bond motifs is 1. The number of hydrogen-bond donors (Lipinski definition) is 0. The summed E-state index contributed by atoms with van der Waals surface area (Å²) in [5.41, 5.74) is 2.34. The molecule has 2 heterocycles. The number of pyridine rings is 1. The van der Waals surface area contributed by atoms with Crippen LogP contribution in [0.1, 0.15) is 36.9 Å². The molecule has 1 unspecified atom stereocenters. The highest BCUT2D eigenvalue weighted by atomic mass is 16.7. The van der Waals surface area contributed by atoms with Crippen LogP contribution in [0.4, 0.5) is 0 Å². The summed E-state index contributed by atoms with van der Waals surface area (Å²) < 4.78 is 17.1. The van der Waals surface area contributed by atoms with E-state index >= 15 is 0 Å². The first kappa shape index (κ1) is 18.9. The molecule has 0 saturated carbocycles. The molecule has 4 heteroatoms. The predicted octanol–water partition coefficient (Wildman–Crippen LogP) is 5.14. The van der Waals surface area contributed by atoms with E-state index in [4.69, 9.17) is 14.2 Å². The highest BCUT2D eigenvalue weighted by Gasteiger charge is 2.13. The van der Waals surface area contributed by atoms with Crippen molar-refractivity contribution in [3.63, 3.8) is 0 Å². The van der Waals surface area contributed by atoms with Crippen LogP contribution < -0.4 is 4.74 Å². The topological polar surface area (TPSA) is 40.6 Å². The van der Waals surface area contributed by atoms with Gasteiger partial charge in [0.2, 0.25) is 0 Å². The minimum atomic E-state index is -0.0179. The lowest BCUT2D eigenvalue weighted by Gasteiger charge is -2.22. The van der Waals surface area contributed by atoms with Gasteiger partial charge in [-0.2, -0.15) is 0 Å². The van der Waals surface area contributed by atoms with E-state index in [1.54, 1.807) is 0 Å². The fourth-order valence-electron chi connectivity index (χ4n) is 3.53. The van der Waals surface area contributed by atoms with E-state index in [0.29, 0.717) is 13.2 Å². The zero-order chi connectivity index (χ0) is 19.0. The number of rotatable bonds is 8. The van der Waals surface area contributed by atoms with Gasteiger partial charge in [-0.1, -0.05) is 36.4 Å². The molecule has 2 aromatic carbocycles. The van der Waals surface area contributed by atoms with E-state index in [2.05, 4.69) is 47.4 Å². The van der Waals surface area contributed by atoms with Gasteiger partial charge in [-0.25, -0.2) is 0 Å². The van der Waals surface area contributed by atoms with Gasteiger partial charge in [0.15, 0.2) is 6.29 Å². The average molecular weight is 377 g/mol. The Kier molecular flexibility index (Phi) is 6.53. The maximum Gasteiger partial charge on any atom is 0.157 e.